The largest absolute Gasteiger partial charge is 0.459 e. The summed E-state index contributed by atoms with van der Waals surface area (Å²) in [7, 11) is 0. The van der Waals surface area contributed by atoms with Crippen molar-refractivity contribution in [2.45, 2.75) is 30.9 Å². The highest BCUT2D eigenvalue weighted by molar-refractivity contribution is 7.80. The van der Waals surface area contributed by atoms with Gasteiger partial charge in [-0.3, -0.25) is 9.59 Å². The van der Waals surface area contributed by atoms with Crippen molar-refractivity contribution >= 4 is 29.1 Å². The standard InChI is InChI=1S/C9H7F7N2O2S/c10-7(11,8(12,13)9(14,15)16)3-17-6(21)18-4(19)1-2-5(18)20/h1-3H2,(H,17,21). The Bertz CT molecular complexity index is 461. The molecule has 1 aliphatic rings. The molecule has 1 aliphatic heterocycles. The van der Waals surface area contributed by atoms with Crippen LogP contribution in [-0.2, 0) is 9.59 Å². The first-order chi connectivity index (χ1) is 9.31. The lowest BCUT2D eigenvalue weighted by Gasteiger charge is -2.29. The van der Waals surface area contributed by atoms with Gasteiger partial charge in [0.1, 0.15) is 0 Å². The van der Waals surface area contributed by atoms with Gasteiger partial charge < -0.3 is 5.32 Å². The molecule has 0 saturated carbocycles. The summed E-state index contributed by atoms with van der Waals surface area (Å²) in [6.07, 6.45) is -6.97. The van der Waals surface area contributed by atoms with Gasteiger partial charge in [0.25, 0.3) is 0 Å². The van der Waals surface area contributed by atoms with E-state index in [-0.39, 0.29) is 17.7 Å². The minimum absolute atomic E-state index is 0.247. The maximum Gasteiger partial charge on any atom is 0.459 e. The minimum atomic E-state index is -6.46. The van der Waals surface area contributed by atoms with Crippen molar-refractivity contribution < 1.29 is 40.3 Å². The number of nitrogens with zero attached hydrogens (tertiary/aromatic N) is 1. The Morgan fingerprint density at radius 1 is 1.05 bits per heavy atom. The second-order valence-corrected chi connectivity index (χ2v) is 4.44. The molecule has 0 aliphatic carbocycles. The zero-order chi connectivity index (χ0) is 16.6. The van der Waals surface area contributed by atoms with Crippen LogP contribution in [0.4, 0.5) is 30.7 Å². The minimum Gasteiger partial charge on any atom is -0.356 e. The number of nitrogens with one attached hydrogen (secondary N) is 1. The van der Waals surface area contributed by atoms with Gasteiger partial charge >= 0.3 is 18.0 Å². The molecule has 0 atom stereocenters. The van der Waals surface area contributed by atoms with Crippen molar-refractivity contribution in [1.29, 1.82) is 0 Å². The molecule has 1 heterocycles. The van der Waals surface area contributed by atoms with Crippen LogP contribution in [0.5, 0.6) is 0 Å². The van der Waals surface area contributed by atoms with Crippen LogP contribution in [0.15, 0.2) is 0 Å². The zero-order valence-corrected chi connectivity index (χ0v) is 10.8. The number of carbonyl (C=O) groups is 2. The molecule has 21 heavy (non-hydrogen) atoms. The van der Waals surface area contributed by atoms with Crippen LogP contribution in [0.25, 0.3) is 0 Å². The highest BCUT2D eigenvalue weighted by atomic mass is 32.1. The fraction of sp³-hybridized carbons (Fsp3) is 0.667. The van der Waals surface area contributed by atoms with E-state index in [0.29, 0.717) is 0 Å². The summed E-state index contributed by atoms with van der Waals surface area (Å²) in [5.41, 5.74) is 0. The predicted octanol–water partition coefficient (Wildman–Crippen LogP) is 1.84. The van der Waals surface area contributed by atoms with E-state index in [1.54, 1.807) is 0 Å². The quantitative estimate of drug-likeness (QED) is 0.484. The summed E-state index contributed by atoms with van der Waals surface area (Å²) in [6, 6.07) is 0. The molecule has 0 unspecified atom stereocenters. The van der Waals surface area contributed by atoms with Crippen molar-refractivity contribution in [2.24, 2.45) is 0 Å². The molecule has 1 fully saturated rings. The van der Waals surface area contributed by atoms with E-state index in [0.717, 1.165) is 0 Å². The molecular formula is C9H7F7N2O2S. The average Bonchev–Trinajstić information content (AvgIpc) is 2.64. The Hall–Kier alpha value is -1.46. The van der Waals surface area contributed by atoms with Gasteiger partial charge in [0.2, 0.25) is 11.8 Å². The summed E-state index contributed by atoms with van der Waals surface area (Å²) in [6.45, 7) is -2.19. The van der Waals surface area contributed by atoms with Crippen molar-refractivity contribution in [1.82, 2.24) is 10.2 Å². The number of halogens is 7. The summed E-state index contributed by atoms with van der Waals surface area (Å²) >= 11 is 4.37. The van der Waals surface area contributed by atoms with Crippen LogP contribution in [0.1, 0.15) is 12.8 Å². The summed E-state index contributed by atoms with van der Waals surface area (Å²) < 4.78 is 86.7. The first-order valence-corrected chi connectivity index (χ1v) is 5.68. The zero-order valence-electron chi connectivity index (χ0n) is 9.94. The number of carbonyl (C=O) groups excluding carboxylic acids is 2. The van der Waals surface area contributed by atoms with Gasteiger partial charge in [0, 0.05) is 12.8 Å². The number of likely N-dealkylation sites (tertiary alicyclic amines) is 1. The van der Waals surface area contributed by atoms with Crippen molar-refractivity contribution in [3.8, 4) is 0 Å². The molecular weight excluding hydrogens is 333 g/mol. The van der Waals surface area contributed by atoms with E-state index in [2.05, 4.69) is 12.2 Å². The maximum atomic E-state index is 13.0. The average molecular weight is 340 g/mol. The monoisotopic (exact) mass is 340 g/mol. The molecule has 0 aromatic heterocycles. The van der Waals surface area contributed by atoms with Crippen LogP contribution in [0.2, 0.25) is 0 Å². The molecule has 4 nitrogen and oxygen atoms in total. The molecule has 0 radical (unpaired) electrons. The van der Waals surface area contributed by atoms with E-state index in [9.17, 15) is 40.3 Å². The van der Waals surface area contributed by atoms with Gasteiger partial charge in [-0.1, -0.05) is 0 Å². The highest BCUT2D eigenvalue weighted by Crippen LogP contribution is 2.46. The molecule has 2 amide bonds. The fourth-order valence-corrected chi connectivity index (χ4v) is 1.66. The van der Waals surface area contributed by atoms with Gasteiger partial charge in [0.05, 0.1) is 6.54 Å². The van der Waals surface area contributed by atoms with Gasteiger partial charge in [-0.15, -0.1) is 0 Å². The molecule has 0 bridgehead atoms. The number of imide groups is 1. The van der Waals surface area contributed by atoms with E-state index in [1.165, 1.54) is 5.32 Å². The van der Waals surface area contributed by atoms with Crippen LogP contribution in [0.3, 0.4) is 0 Å². The van der Waals surface area contributed by atoms with Crippen LogP contribution >= 0.6 is 12.2 Å². The Kier molecular flexibility index (Phi) is 4.51. The lowest BCUT2D eigenvalue weighted by atomic mass is 10.1. The normalized spacial score (nSPS) is 17.4. The lowest BCUT2D eigenvalue weighted by molar-refractivity contribution is -0.352. The number of rotatable bonds is 3. The molecule has 12 heteroatoms. The lowest BCUT2D eigenvalue weighted by Crippen LogP contribution is -2.58. The number of alkyl halides is 7. The first-order valence-electron chi connectivity index (χ1n) is 5.27. The van der Waals surface area contributed by atoms with Gasteiger partial charge in [0.15, 0.2) is 5.11 Å². The van der Waals surface area contributed by atoms with Crippen LogP contribution < -0.4 is 5.32 Å². The SMILES string of the molecule is O=C1CCC(=O)N1C(=S)NCC(F)(F)C(F)(F)C(F)(F)F. The Morgan fingerprint density at radius 2 is 1.48 bits per heavy atom. The molecule has 0 spiro atoms. The third-order valence-corrected chi connectivity index (χ3v) is 2.86. The molecule has 1 rings (SSSR count). The summed E-state index contributed by atoms with van der Waals surface area (Å²) in [5.74, 6) is -13.5. The third kappa shape index (κ3) is 3.24. The van der Waals surface area contributed by atoms with E-state index in [1.807, 2.05) is 0 Å². The van der Waals surface area contributed by atoms with E-state index >= 15 is 0 Å². The molecule has 0 aromatic rings. The molecule has 0 aromatic carbocycles. The topological polar surface area (TPSA) is 49.4 Å². The number of amides is 2. The Morgan fingerprint density at radius 3 is 1.86 bits per heavy atom. The van der Waals surface area contributed by atoms with Gasteiger partial charge in [-0.2, -0.15) is 30.7 Å². The van der Waals surface area contributed by atoms with E-state index < -0.39 is 41.5 Å². The number of thiocarbonyl (C=S) groups is 1. The van der Waals surface area contributed by atoms with E-state index in [4.69, 9.17) is 0 Å². The second-order valence-electron chi connectivity index (χ2n) is 4.06. The van der Waals surface area contributed by atoms with Crippen molar-refractivity contribution in [3.63, 3.8) is 0 Å². The summed E-state index contributed by atoms with van der Waals surface area (Å²) in [4.78, 5) is 22.6. The first kappa shape index (κ1) is 17.6. The Labute approximate surface area is 118 Å². The van der Waals surface area contributed by atoms with Crippen molar-refractivity contribution in [2.75, 3.05) is 6.54 Å². The smallest absolute Gasteiger partial charge is 0.356 e. The van der Waals surface area contributed by atoms with Crippen molar-refractivity contribution in [3.05, 3.63) is 0 Å². The molecule has 120 valence electrons. The van der Waals surface area contributed by atoms with Crippen LogP contribution in [-0.4, -0.2) is 46.4 Å². The number of hydrogen-bond acceptors (Lipinski definition) is 3. The fourth-order valence-electron chi connectivity index (χ4n) is 1.39. The summed E-state index contributed by atoms with van der Waals surface area (Å²) in [5, 5.41) is 0.445. The molecule has 1 saturated heterocycles. The van der Waals surface area contributed by atoms with Gasteiger partial charge in [-0.05, 0) is 12.2 Å². The predicted molar refractivity (Wildman–Crippen MR) is 57.6 cm³/mol. The highest BCUT2D eigenvalue weighted by Gasteiger charge is 2.72. The molecule has 1 N–H and O–H groups in total. The maximum absolute atomic E-state index is 13.0. The second kappa shape index (κ2) is 5.39. The Balaban J connectivity index is 2.76. The number of hydrogen-bond donors (Lipinski definition) is 1. The van der Waals surface area contributed by atoms with Gasteiger partial charge in [-0.25, -0.2) is 4.90 Å². The third-order valence-electron chi connectivity index (χ3n) is 2.53. The van der Waals surface area contributed by atoms with Crippen LogP contribution in [0, 0.1) is 0 Å².